The van der Waals surface area contributed by atoms with Crippen molar-refractivity contribution >= 4 is 33.0 Å². The number of hydrogen-bond donors (Lipinski definition) is 2. The van der Waals surface area contributed by atoms with Gasteiger partial charge in [-0.25, -0.2) is 8.42 Å². The van der Waals surface area contributed by atoms with Crippen molar-refractivity contribution in [3.63, 3.8) is 0 Å². The van der Waals surface area contributed by atoms with Gasteiger partial charge in [-0.2, -0.15) is 0 Å². The van der Waals surface area contributed by atoms with Crippen LogP contribution in [-0.4, -0.2) is 27.6 Å². The molecule has 3 N–H and O–H groups in total. The predicted octanol–water partition coefficient (Wildman–Crippen LogP) is 3.58. The van der Waals surface area contributed by atoms with E-state index in [0.29, 0.717) is 22.6 Å². The highest BCUT2D eigenvalue weighted by Crippen LogP contribution is 2.33. The molecule has 3 aromatic rings. The van der Waals surface area contributed by atoms with E-state index in [9.17, 15) is 13.2 Å². The molecule has 3 rings (SSSR count). The number of rotatable bonds is 5. The first-order chi connectivity index (χ1) is 13.3. The normalized spacial score (nSPS) is 11.1. The predicted molar refractivity (Wildman–Crippen MR) is 114 cm³/mol. The minimum atomic E-state index is -3.50. The lowest BCUT2D eigenvalue weighted by Gasteiger charge is -2.21. The van der Waals surface area contributed by atoms with Crippen LogP contribution in [0.3, 0.4) is 0 Å². The van der Waals surface area contributed by atoms with Crippen molar-refractivity contribution in [1.29, 1.82) is 0 Å². The topological polar surface area (TPSA) is 92.5 Å². The highest BCUT2D eigenvalue weighted by atomic mass is 32.2. The molecule has 6 nitrogen and oxygen atoms in total. The maximum Gasteiger partial charge on any atom is 0.255 e. The number of carbonyl (C=O) groups is 1. The summed E-state index contributed by atoms with van der Waals surface area (Å²) in [5.74, 6) is -0.325. The van der Waals surface area contributed by atoms with E-state index in [1.807, 2.05) is 24.3 Å². The first-order valence-electron chi connectivity index (χ1n) is 8.56. The summed E-state index contributed by atoms with van der Waals surface area (Å²) in [4.78, 5) is 12.6. The maximum atomic E-state index is 12.6. The summed E-state index contributed by atoms with van der Waals surface area (Å²) in [6.07, 6.45) is 1.11. The van der Waals surface area contributed by atoms with E-state index in [-0.39, 0.29) is 5.91 Å². The Bertz CT molecular complexity index is 1110. The summed E-state index contributed by atoms with van der Waals surface area (Å²) >= 11 is 0. The van der Waals surface area contributed by atoms with E-state index in [1.54, 1.807) is 48.5 Å². The lowest BCUT2D eigenvalue weighted by Crippen LogP contribution is -2.26. The van der Waals surface area contributed by atoms with Gasteiger partial charge in [-0.3, -0.25) is 9.10 Å². The van der Waals surface area contributed by atoms with E-state index in [0.717, 1.165) is 21.7 Å². The molecule has 0 aliphatic rings. The Balaban J connectivity index is 2.07. The molecule has 144 valence electrons. The Morgan fingerprint density at radius 3 is 2.25 bits per heavy atom. The molecule has 0 bridgehead atoms. The summed E-state index contributed by atoms with van der Waals surface area (Å²) in [7, 11) is -2.05. The third-order valence-corrected chi connectivity index (χ3v) is 5.53. The second-order valence-corrected chi connectivity index (χ2v) is 8.42. The fourth-order valence-corrected chi connectivity index (χ4v) is 3.29. The standard InChI is InChI=1S/C21H21N3O3S/c1-24(28(2,26)27)20-12-11-17(16-9-6-10-18(22)13-16)14-19(20)23-21(25)15-7-4-3-5-8-15/h3-14H,22H2,1-2H3,(H,23,25). The number of carbonyl (C=O) groups excluding carboxylic acids is 1. The van der Waals surface area contributed by atoms with Crippen LogP contribution in [0.2, 0.25) is 0 Å². The second-order valence-electron chi connectivity index (χ2n) is 6.41. The van der Waals surface area contributed by atoms with Gasteiger partial charge in [0.25, 0.3) is 5.91 Å². The highest BCUT2D eigenvalue weighted by molar-refractivity contribution is 7.92. The Labute approximate surface area is 164 Å². The van der Waals surface area contributed by atoms with Crippen LogP contribution < -0.4 is 15.4 Å². The Morgan fingerprint density at radius 2 is 1.61 bits per heavy atom. The SMILES string of the molecule is CN(c1ccc(-c2cccc(N)c2)cc1NC(=O)c1ccccc1)S(C)(=O)=O. The van der Waals surface area contributed by atoms with Gasteiger partial charge in [0, 0.05) is 18.3 Å². The van der Waals surface area contributed by atoms with E-state index in [1.165, 1.54) is 7.05 Å². The molecule has 0 spiro atoms. The Morgan fingerprint density at radius 1 is 0.929 bits per heavy atom. The van der Waals surface area contributed by atoms with E-state index >= 15 is 0 Å². The third-order valence-electron chi connectivity index (χ3n) is 4.34. The summed E-state index contributed by atoms with van der Waals surface area (Å²) in [6, 6.07) is 21.3. The first-order valence-corrected chi connectivity index (χ1v) is 10.4. The quantitative estimate of drug-likeness (QED) is 0.646. The number of hydrogen-bond acceptors (Lipinski definition) is 4. The molecule has 0 radical (unpaired) electrons. The van der Waals surface area contributed by atoms with E-state index < -0.39 is 10.0 Å². The first kappa shape index (κ1) is 19.4. The monoisotopic (exact) mass is 395 g/mol. The number of benzene rings is 3. The number of nitrogen functional groups attached to an aromatic ring is 1. The van der Waals surface area contributed by atoms with Crippen molar-refractivity contribution in [1.82, 2.24) is 0 Å². The zero-order valence-corrected chi connectivity index (χ0v) is 16.4. The summed E-state index contributed by atoms with van der Waals surface area (Å²) < 4.78 is 25.2. The van der Waals surface area contributed by atoms with Crippen LogP contribution in [0.4, 0.5) is 17.1 Å². The minimum Gasteiger partial charge on any atom is -0.399 e. The molecule has 0 aliphatic carbocycles. The summed E-state index contributed by atoms with van der Waals surface area (Å²) in [5, 5.41) is 2.83. The zero-order valence-electron chi connectivity index (χ0n) is 15.6. The van der Waals surface area contributed by atoms with Crippen LogP contribution in [0.25, 0.3) is 11.1 Å². The molecule has 0 atom stereocenters. The van der Waals surface area contributed by atoms with E-state index in [4.69, 9.17) is 5.73 Å². The van der Waals surface area contributed by atoms with Gasteiger partial charge in [0.05, 0.1) is 17.6 Å². The lowest BCUT2D eigenvalue weighted by molar-refractivity contribution is 0.102. The van der Waals surface area contributed by atoms with Crippen molar-refractivity contribution in [3.05, 3.63) is 78.4 Å². The molecular weight excluding hydrogens is 374 g/mol. The molecule has 0 unspecified atom stereocenters. The average Bonchev–Trinajstić information content (AvgIpc) is 2.67. The number of anilines is 3. The Hall–Kier alpha value is -3.32. The molecule has 0 aliphatic heterocycles. The molecule has 0 aromatic heterocycles. The van der Waals surface area contributed by atoms with Crippen molar-refractivity contribution in [2.24, 2.45) is 0 Å². The molecular formula is C21H21N3O3S. The average molecular weight is 395 g/mol. The lowest BCUT2D eigenvalue weighted by atomic mass is 10.0. The molecule has 3 aromatic carbocycles. The highest BCUT2D eigenvalue weighted by Gasteiger charge is 2.18. The summed E-state index contributed by atoms with van der Waals surface area (Å²) in [5.41, 5.74) is 9.40. The van der Waals surface area contributed by atoms with Crippen molar-refractivity contribution in [2.45, 2.75) is 0 Å². The van der Waals surface area contributed by atoms with Gasteiger partial charge in [0.15, 0.2) is 0 Å². The maximum absolute atomic E-state index is 12.6. The van der Waals surface area contributed by atoms with Crippen molar-refractivity contribution in [2.75, 3.05) is 28.7 Å². The second kappa shape index (κ2) is 7.74. The van der Waals surface area contributed by atoms with Crippen LogP contribution in [-0.2, 0) is 10.0 Å². The van der Waals surface area contributed by atoms with Crippen LogP contribution in [0, 0.1) is 0 Å². The number of sulfonamides is 1. The van der Waals surface area contributed by atoms with Gasteiger partial charge in [0.2, 0.25) is 10.0 Å². The number of nitrogens with one attached hydrogen (secondary N) is 1. The number of nitrogens with zero attached hydrogens (tertiary/aromatic N) is 1. The van der Waals surface area contributed by atoms with Crippen LogP contribution in [0.15, 0.2) is 72.8 Å². The molecule has 0 saturated heterocycles. The number of nitrogens with two attached hydrogens (primary N) is 1. The van der Waals surface area contributed by atoms with Crippen LogP contribution >= 0.6 is 0 Å². The number of amides is 1. The van der Waals surface area contributed by atoms with Gasteiger partial charge < -0.3 is 11.1 Å². The Kier molecular flexibility index (Phi) is 5.37. The molecule has 0 saturated carbocycles. The molecule has 1 amide bonds. The third kappa shape index (κ3) is 4.32. The van der Waals surface area contributed by atoms with Gasteiger partial charge in [-0.15, -0.1) is 0 Å². The van der Waals surface area contributed by atoms with Gasteiger partial charge >= 0.3 is 0 Å². The smallest absolute Gasteiger partial charge is 0.255 e. The minimum absolute atomic E-state index is 0.325. The largest absolute Gasteiger partial charge is 0.399 e. The van der Waals surface area contributed by atoms with Gasteiger partial charge in [-0.05, 0) is 47.5 Å². The fraction of sp³-hybridized carbons (Fsp3) is 0.0952. The van der Waals surface area contributed by atoms with Gasteiger partial charge in [0.1, 0.15) is 0 Å². The zero-order chi connectivity index (χ0) is 20.3. The summed E-state index contributed by atoms with van der Waals surface area (Å²) in [6.45, 7) is 0. The molecule has 7 heteroatoms. The molecule has 28 heavy (non-hydrogen) atoms. The molecule has 0 fully saturated rings. The van der Waals surface area contributed by atoms with E-state index in [2.05, 4.69) is 5.32 Å². The fourth-order valence-electron chi connectivity index (χ4n) is 2.77. The van der Waals surface area contributed by atoms with Crippen molar-refractivity contribution in [3.8, 4) is 11.1 Å². The van der Waals surface area contributed by atoms with Gasteiger partial charge in [-0.1, -0.05) is 36.4 Å². The van der Waals surface area contributed by atoms with Crippen LogP contribution in [0.5, 0.6) is 0 Å². The molecule has 0 heterocycles. The van der Waals surface area contributed by atoms with Crippen LogP contribution in [0.1, 0.15) is 10.4 Å². The van der Waals surface area contributed by atoms with Crippen molar-refractivity contribution < 1.29 is 13.2 Å².